The number of thiophene rings is 1. The minimum Gasteiger partial charge on any atom is -0.390 e. The van der Waals surface area contributed by atoms with Crippen LogP contribution in [0.5, 0.6) is 0 Å². The number of aliphatic hydroxyl groups is 1. The quantitative estimate of drug-likeness (QED) is 0.863. The Labute approximate surface area is 97.1 Å². The molecule has 0 unspecified atom stereocenters. The van der Waals surface area contributed by atoms with Crippen LogP contribution in [-0.4, -0.2) is 14.7 Å². The van der Waals surface area contributed by atoms with Crippen molar-refractivity contribution in [3.63, 3.8) is 0 Å². The molecule has 0 aromatic carbocycles. The molecule has 3 rings (SSSR count). The van der Waals surface area contributed by atoms with Crippen molar-refractivity contribution in [2.45, 2.75) is 25.9 Å². The molecule has 0 aliphatic carbocycles. The predicted octanol–water partition coefficient (Wildman–Crippen LogP) is 1.71. The van der Waals surface area contributed by atoms with Gasteiger partial charge in [-0.1, -0.05) is 0 Å². The highest BCUT2D eigenvalue weighted by Crippen LogP contribution is 2.27. The van der Waals surface area contributed by atoms with Crippen LogP contribution in [0.3, 0.4) is 0 Å². The minimum atomic E-state index is -0.0108. The van der Waals surface area contributed by atoms with Crippen molar-refractivity contribution in [3.05, 3.63) is 40.1 Å². The first-order chi connectivity index (χ1) is 7.86. The van der Waals surface area contributed by atoms with Gasteiger partial charge in [0, 0.05) is 6.20 Å². The van der Waals surface area contributed by atoms with E-state index in [1.54, 1.807) is 11.3 Å². The average molecular weight is 236 g/mol. The van der Waals surface area contributed by atoms with E-state index in [0.717, 1.165) is 12.4 Å². The number of rotatable bonds is 2. The van der Waals surface area contributed by atoms with Gasteiger partial charge in [0.15, 0.2) is 0 Å². The lowest BCUT2D eigenvalue weighted by Crippen LogP contribution is -2.20. The number of ether oxygens (including phenoxy) is 1. The molecule has 1 atom stereocenters. The van der Waals surface area contributed by atoms with Gasteiger partial charge < -0.3 is 14.4 Å². The second-order valence-corrected chi connectivity index (χ2v) is 4.60. The molecule has 0 radical (unpaired) electrons. The van der Waals surface area contributed by atoms with Crippen molar-refractivity contribution in [1.82, 2.24) is 9.55 Å². The first-order valence-electron chi connectivity index (χ1n) is 5.16. The second-order valence-electron chi connectivity index (χ2n) is 3.82. The van der Waals surface area contributed by atoms with Crippen LogP contribution in [0.1, 0.15) is 23.2 Å². The fraction of sp³-hybridized carbons (Fsp3) is 0.364. The summed E-state index contributed by atoms with van der Waals surface area (Å²) >= 11 is 1.68. The Morgan fingerprint density at radius 2 is 2.56 bits per heavy atom. The zero-order valence-corrected chi connectivity index (χ0v) is 9.48. The summed E-state index contributed by atoms with van der Waals surface area (Å²) in [6, 6.07) is 2.09. The van der Waals surface area contributed by atoms with Gasteiger partial charge >= 0.3 is 0 Å². The molecule has 0 fully saturated rings. The Hall–Kier alpha value is -1.17. The molecule has 0 spiro atoms. The third-order valence-electron chi connectivity index (χ3n) is 2.76. The zero-order chi connectivity index (χ0) is 11.0. The van der Waals surface area contributed by atoms with Crippen molar-refractivity contribution in [3.8, 4) is 0 Å². The summed E-state index contributed by atoms with van der Waals surface area (Å²) < 4.78 is 7.82. The summed E-state index contributed by atoms with van der Waals surface area (Å²) in [6.45, 7) is 1.28. The fourth-order valence-electron chi connectivity index (χ4n) is 1.93. The standard InChI is InChI=1S/C11H12N2O2S/c14-5-9-3-13-4-10(8-1-2-16-7-8)15-6-11(13)12-9/h1-3,7,10,14H,4-6H2/t10-/m1/s1. The van der Waals surface area contributed by atoms with Crippen molar-refractivity contribution < 1.29 is 9.84 Å². The lowest BCUT2D eigenvalue weighted by molar-refractivity contribution is 0.000729. The third kappa shape index (κ3) is 1.67. The maximum atomic E-state index is 9.02. The van der Waals surface area contributed by atoms with Gasteiger partial charge in [-0.05, 0) is 22.4 Å². The van der Waals surface area contributed by atoms with Crippen molar-refractivity contribution in [2.75, 3.05) is 0 Å². The van der Waals surface area contributed by atoms with Gasteiger partial charge in [-0.3, -0.25) is 0 Å². The number of hydrogen-bond acceptors (Lipinski definition) is 4. The number of nitrogens with zero attached hydrogens (tertiary/aromatic N) is 2. The molecule has 2 aromatic heterocycles. The van der Waals surface area contributed by atoms with Crippen LogP contribution >= 0.6 is 11.3 Å². The number of fused-ring (bicyclic) bond motifs is 1. The number of imidazole rings is 1. The Morgan fingerprint density at radius 3 is 3.31 bits per heavy atom. The highest BCUT2D eigenvalue weighted by Gasteiger charge is 2.22. The SMILES string of the molecule is OCc1cn2c(n1)CO[C@@H](c1ccsc1)C2. The molecule has 0 bridgehead atoms. The molecule has 0 amide bonds. The summed E-state index contributed by atoms with van der Waals surface area (Å²) in [5.41, 5.74) is 1.93. The second kappa shape index (κ2) is 4.01. The van der Waals surface area contributed by atoms with Crippen molar-refractivity contribution in [2.24, 2.45) is 0 Å². The van der Waals surface area contributed by atoms with E-state index in [1.165, 1.54) is 5.56 Å². The number of hydrogen-bond donors (Lipinski definition) is 1. The highest BCUT2D eigenvalue weighted by atomic mass is 32.1. The summed E-state index contributed by atoms with van der Waals surface area (Å²) in [6.07, 6.45) is 2.01. The lowest BCUT2D eigenvalue weighted by atomic mass is 10.2. The van der Waals surface area contributed by atoms with E-state index in [0.29, 0.717) is 12.3 Å². The topological polar surface area (TPSA) is 47.3 Å². The van der Waals surface area contributed by atoms with E-state index in [2.05, 4.69) is 26.4 Å². The van der Waals surface area contributed by atoms with E-state index in [-0.39, 0.29) is 12.7 Å². The highest BCUT2D eigenvalue weighted by molar-refractivity contribution is 7.07. The van der Waals surface area contributed by atoms with Crippen LogP contribution in [0.4, 0.5) is 0 Å². The van der Waals surface area contributed by atoms with Gasteiger partial charge in [-0.15, -0.1) is 0 Å². The largest absolute Gasteiger partial charge is 0.390 e. The van der Waals surface area contributed by atoms with Crippen molar-refractivity contribution >= 4 is 11.3 Å². The number of aromatic nitrogens is 2. The van der Waals surface area contributed by atoms with E-state index in [1.807, 2.05) is 6.20 Å². The molecule has 84 valence electrons. The van der Waals surface area contributed by atoms with Gasteiger partial charge in [0.05, 0.1) is 18.8 Å². The smallest absolute Gasteiger partial charge is 0.135 e. The first-order valence-corrected chi connectivity index (χ1v) is 6.10. The fourth-order valence-corrected chi connectivity index (χ4v) is 2.63. The molecule has 5 heteroatoms. The molecule has 1 aliphatic rings. The maximum Gasteiger partial charge on any atom is 0.135 e. The van der Waals surface area contributed by atoms with Crippen LogP contribution in [0.15, 0.2) is 23.0 Å². The summed E-state index contributed by atoms with van der Waals surface area (Å²) in [5, 5.41) is 13.2. The molecule has 16 heavy (non-hydrogen) atoms. The zero-order valence-electron chi connectivity index (χ0n) is 8.67. The van der Waals surface area contributed by atoms with Crippen LogP contribution in [0.25, 0.3) is 0 Å². The third-order valence-corrected chi connectivity index (χ3v) is 3.46. The van der Waals surface area contributed by atoms with Crippen LogP contribution in [0, 0.1) is 0 Å². The van der Waals surface area contributed by atoms with Gasteiger partial charge in [0.1, 0.15) is 18.5 Å². The van der Waals surface area contributed by atoms with E-state index >= 15 is 0 Å². The average Bonchev–Trinajstić information content (AvgIpc) is 2.96. The molecule has 2 aromatic rings. The Bertz CT molecular complexity index is 478. The molecule has 0 saturated heterocycles. The predicted molar refractivity (Wildman–Crippen MR) is 60.0 cm³/mol. The Morgan fingerprint density at radius 1 is 1.62 bits per heavy atom. The molecular formula is C11H12N2O2S. The maximum absolute atomic E-state index is 9.02. The molecule has 3 heterocycles. The number of aliphatic hydroxyl groups excluding tert-OH is 1. The molecular weight excluding hydrogens is 224 g/mol. The van der Waals surface area contributed by atoms with E-state index in [9.17, 15) is 0 Å². The van der Waals surface area contributed by atoms with Crippen LogP contribution in [-0.2, 0) is 24.5 Å². The molecule has 0 saturated carbocycles. The van der Waals surface area contributed by atoms with Crippen LogP contribution in [0.2, 0.25) is 0 Å². The molecule has 1 aliphatic heterocycles. The molecule has 4 nitrogen and oxygen atoms in total. The van der Waals surface area contributed by atoms with Gasteiger partial charge in [0.2, 0.25) is 0 Å². The van der Waals surface area contributed by atoms with E-state index in [4.69, 9.17) is 9.84 Å². The van der Waals surface area contributed by atoms with Gasteiger partial charge in [0.25, 0.3) is 0 Å². The van der Waals surface area contributed by atoms with E-state index < -0.39 is 0 Å². The summed E-state index contributed by atoms with van der Waals surface area (Å²) in [4.78, 5) is 4.28. The van der Waals surface area contributed by atoms with Crippen LogP contribution < -0.4 is 0 Å². The van der Waals surface area contributed by atoms with Crippen molar-refractivity contribution in [1.29, 1.82) is 0 Å². The Balaban J connectivity index is 1.85. The summed E-state index contributed by atoms with van der Waals surface area (Å²) in [5.74, 6) is 0.899. The van der Waals surface area contributed by atoms with Gasteiger partial charge in [-0.2, -0.15) is 11.3 Å². The lowest BCUT2D eigenvalue weighted by Gasteiger charge is -2.23. The normalized spacial score (nSPS) is 19.7. The minimum absolute atomic E-state index is 0.0108. The Kier molecular flexibility index (Phi) is 2.51. The monoisotopic (exact) mass is 236 g/mol. The first kappa shape index (κ1) is 10.0. The molecule has 1 N–H and O–H groups in total. The van der Waals surface area contributed by atoms with Gasteiger partial charge in [-0.25, -0.2) is 4.98 Å². The summed E-state index contributed by atoms with van der Waals surface area (Å²) in [7, 11) is 0.